The van der Waals surface area contributed by atoms with Gasteiger partial charge in [0.1, 0.15) is 5.75 Å². The van der Waals surface area contributed by atoms with Crippen molar-refractivity contribution in [3.63, 3.8) is 0 Å². The number of ether oxygens (including phenoxy) is 1. The molecule has 1 aliphatic carbocycles. The molecule has 0 aliphatic heterocycles. The molecule has 1 N–H and O–H groups in total. The first kappa shape index (κ1) is 13.4. The van der Waals surface area contributed by atoms with Crippen LogP contribution in [0, 0.1) is 5.92 Å². The molecule has 0 amide bonds. The molecule has 0 radical (unpaired) electrons. The Kier molecular flexibility index (Phi) is 3.93. The third-order valence-electron chi connectivity index (χ3n) is 4.18. The van der Waals surface area contributed by atoms with Crippen LogP contribution >= 0.6 is 0 Å². The molecule has 1 aliphatic rings. The second kappa shape index (κ2) is 5.84. The molecule has 0 spiro atoms. The summed E-state index contributed by atoms with van der Waals surface area (Å²) in [5, 5.41) is 6.28. The molecule has 1 saturated carbocycles. The van der Waals surface area contributed by atoms with Crippen LogP contribution in [0.4, 0.5) is 0 Å². The molecular formula is C18H23NO. The van der Waals surface area contributed by atoms with Crippen molar-refractivity contribution in [3.05, 3.63) is 42.0 Å². The van der Waals surface area contributed by atoms with Gasteiger partial charge in [0.15, 0.2) is 0 Å². The summed E-state index contributed by atoms with van der Waals surface area (Å²) in [6.07, 6.45) is 3.88. The van der Waals surface area contributed by atoms with E-state index >= 15 is 0 Å². The largest absolute Gasteiger partial charge is 0.496 e. The Morgan fingerprint density at radius 1 is 1.15 bits per heavy atom. The monoisotopic (exact) mass is 269 g/mol. The Morgan fingerprint density at radius 3 is 2.55 bits per heavy atom. The van der Waals surface area contributed by atoms with Gasteiger partial charge in [-0.25, -0.2) is 0 Å². The highest BCUT2D eigenvalue weighted by molar-refractivity contribution is 5.91. The lowest BCUT2D eigenvalue weighted by molar-refractivity contribution is 0.419. The third kappa shape index (κ3) is 2.53. The van der Waals surface area contributed by atoms with Crippen LogP contribution in [0.15, 0.2) is 36.4 Å². The summed E-state index contributed by atoms with van der Waals surface area (Å²) < 4.78 is 5.50. The van der Waals surface area contributed by atoms with E-state index in [9.17, 15) is 0 Å². The summed E-state index contributed by atoms with van der Waals surface area (Å²) in [7, 11) is 1.75. The van der Waals surface area contributed by atoms with Crippen LogP contribution in [0.2, 0.25) is 0 Å². The van der Waals surface area contributed by atoms with Gasteiger partial charge in [-0.2, -0.15) is 0 Å². The quantitative estimate of drug-likeness (QED) is 0.844. The van der Waals surface area contributed by atoms with Crippen LogP contribution in [0.1, 0.15) is 37.8 Å². The van der Waals surface area contributed by atoms with E-state index in [1.54, 1.807) is 7.11 Å². The smallest absolute Gasteiger partial charge is 0.126 e. The molecule has 0 heterocycles. The first-order valence-corrected chi connectivity index (χ1v) is 7.64. The molecule has 3 rings (SSSR count). The standard InChI is InChI=1S/C18H23NO/c1-3-12-19-18(13-8-9-13)16-10-11-17(20-2)15-7-5-4-6-14(15)16/h4-7,10-11,13,18-19H,3,8-9,12H2,1-2H3. The molecule has 0 saturated heterocycles. The Morgan fingerprint density at radius 2 is 1.90 bits per heavy atom. The molecule has 2 aromatic rings. The molecule has 0 bridgehead atoms. The summed E-state index contributed by atoms with van der Waals surface area (Å²) >= 11 is 0. The van der Waals surface area contributed by atoms with Crippen molar-refractivity contribution in [2.75, 3.05) is 13.7 Å². The fourth-order valence-corrected chi connectivity index (χ4v) is 3.00. The van der Waals surface area contributed by atoms with Gasteiger partial charge in [-0.15, -0.1) is 0 Å². The Hall–Kier alpha value is -1.54. The minimum atomic E-state index is 0.491. The highest BCUT2D eigenvalue weighted by Gasteiger charge is 2.32. The second-order valence-corrected chi connectivity index (χ2v) is 5.67. The first-order valence-electron chi connectivity index (χ1n) is 7.64. The van der Waals surface area contributed by atoms with Gasteiger partial charge >= 0.3 is 0 Å². The van der Waals surface area contributed by atoms with Gasteiger partial charge in [-0.1, -0.05) is 37.3 Å². The topological polar surface area (TPSA) is 21.3 Å². The summed E-state index contributed by atoms with van der Waals surface area (Å²) in [6.45, 7) is 3.31. The molecule has 20 heavy (non-hydrogen) atoms. The second-order valence-electron chi connectivity index (χ2n) is 5.67. The summed E-state index contributed by atoms with van der Waals surface area (Å²) in [5.41, 5.74) is 1.43. The number of methoxy groups -OCH3 is 1. The molecule has 2 heteroatoms. The summed E-state index contributed by atoms with van der Waals surface area (Å²) in [6, 6.07) is 13.4. The number of fused-ring (bicyclic) bond motifs is 1. The van der Waals surface area contributed by atoms with E-state index in [2.05, 4.69) is 48.6 Å². The zero-order valence-corrected chi connectivity index (χ0v) is 12.4. The average Bonchev–Trinajstić information content (AvgIpc) is 3.32. The number of hydrogen-bond donors (Lipinski definition) is 1. The number of benzene rings is 2. The SMILES string of the molecule is CCCNC(c1ccc(OC)c2ccccc12)C1CC1. The Labute approximate surface area is 121 Å². The highest BCUT2D eigenvalue weighted by atomic mass is 16.5. The number of nitrogens with one attached hydrogen (secondary N) is 1. The fraction of sp³-hybridized carbons (Fsp3) is 0.444. The van der Waals surface area contributed by atoms with Crippen molar-refractivity contribution in [1.82, 2.24) is 5.32 Å². The lowest BCUT2D eigenvalue weighted by Crippen LogP contribution is -2.24. The van der Waals surface area contributed by atoms with Crippen molar-refractivity contribution < 1.29 is 4.74 Å². The van der Waals surface area contributed by atoms with Crippen molar-refractivity contribution in [1.29, 1.82) is 0 Å². The molecule has 106 valence electrons. The van der Waals surface area contributed by atoms with E-state index in [4.69, 9.17) is 4.74 Å². The van der Waals surface area contributed by atoms with Crippen LogP contribution < -0.4 is 10.1 Å². The van der Waals surface area contributed by atoms with Gasteiger partial charge < -0.3 is 10.1 Å². The molecule has 2 aromatic carbocycles. The predicted molar refractivity (Wildman–Crippen MR) is 84.3 cm³/mol. The van der Waals surface area contributed by atoms with Crippen molar-refractivity contribution >= 4 is 10.8 Å². The van der Waals surface area contributed by atoms with Crippen LogP contribution in [0.25, 0.3) is 10.8 Å². The van der Waals surface area contributed by atoms with Gasteiger partial charge in [-0.05, 0) is 48.7 Å². The molecule has 1 atom stereocenters. The minimum Gasteiger partial charge on any atom is -0.496 e. The summed E-state index contributed by atoms with van der Waals surface area (Å²) in [4.78, 5) is 0. The molecule has 1 unspecified atom stereocenters. The third-order valence-corrected chi connectivity index (χ3v) is 4.18. The molecular weight excluding hydrogens is 246 g/mol. The molecule has 2 nitrogen and oxygen atoms in total. The predicted octanol–water partition coefficient (Wildman–Crippen LogP) is 4.30. The maximum Gasteiger partial charge on any atom is 0.126 e. The van der Waals surface area contributed by atoms with E-state index < -0.39 is 0 Å². The zero-order valence-electron chi connectivity index (χ0n) is 12.4. The van der Waals surface area contributed by atoms with Gasteiger partial charge in [0.05, 0.1) is 7.11 Å². The Bertz CT molecular complexity index is 589. The highest BCUT2D eigenvalue weighted by Crippen LogP contribution is 2.44. The summed E-state index contributed by atoms with van der Waals surface area (Å²) in [5.74, 6) is 1.77. The van der Waals surface area contributed by atoms with Gasteiger partial charge in [0.2, 0.25) is 0 Å². The van der Waals surface area contributed by atoms with E-state index in [1.165, 1.54) is 35.6 Å². The van der Waals surface area contributed by atoms with E-state index in [0.717, 1.165) is 18.2 Å². The van der Waals surface area contributed by atoms with Crippen molar-refractivity contribution in [2.24, 2.45) is 5.92 Å². The zero-order chi connectivity index (χ0) is 13.9. The lowest BCUT2D eigenvalue weighted by Gasteiger charge is -2.21. The van der Waals surface area contributed by atoms with Crippen molar-refractivity contribution in [3.8, 4) is 5.75 Å². The fourth-order valence-electron chi connectivity index (χ4n) is 3.00. The first-order chi connectivity index (χ1) is 9.85. The molecule has 0 aromatic heterocycles. The lowest BCUT2D eigenvalue weighted by atomic mass is 9.95. The van der Waals surface area contributed by atoms with Gasteiger partial charge in [0.25, 0.3) is 0 Å². The van der Waals surface area contributed by atoms with Gasteiger partial charge in [-0.3, -0.25) is 0 Å². The van der Waals surface area contributed by atoms with Crippen LogP contribution in [-0.4, -0.2) is 13.7 Å². The van der Waals surface area contributed by atoms with E-state index in [0.29, 0.717) is 6.04 Å². The number of rotatable bonds is 6. The minimum absolute atomic E-state index is 0.491. The van der Waals surface area contributed by atoms with Crippen LogP contribution in [0.5, 0.6) is 5.75 Å². The molecule has 1 fully saturated rings. The normalized spacial score (nSPS) is 16.3. The maximum atomic E-state index is 5.50. The Balaban J connectivity index is 2.05. The maximum absolute atomic E-state index is 5.50. The van der Waals surface area contributed by atoms with Crippen LogP contribution in [-0.2, 0) is 0 Å². The van der Waals surface area contributed by atoms with Gasteiger partial charge in [0, 0.05) is 11.4 Å². The number of hydrogen-bond acceptors (Lipinski definition) is 2. The van der Waals surface area contributed by atoms with Crippen molar-refractivity contribution in [2.45, 2.75) is 32.2 Å². The van der Waals surface area contributed by atoms with E-state index in [-0.39, 0.29) is 0 Å². The average molecular weight is 269 g/mol. The van der Waals surface area contributed by atoms with E-state index in [1.807, 2.05) is 0 Å². The van der Waals surface area contributed by atoms with Crippen LogP contribution in [0.3, 0.4) is 0 Å².